The highest BCUT2D eigenvalue weighted by Crippen LogP contribution is 2.37. The van der Waals surface area contributed by atoms with Crippen molar-refractivity contribution in [2.75, 3.05) is 0 Å². The molecule has 0 aromatic heterocycles. The highest BCUT2D eigenvalue weighted by atomic mass is 31.2. The number of nitrogens with two attached hydrogens (primary N) is 1. The van der Waals surface area contributed by atoms with Gasteiger partial charge in [0.05, 0.1) is 12.1 Å². The zero-order valence-electron chi connectivity index (χ0n) is 10.8. The lowest BCUT2D eigenvalue weighted by molar-refractivity contribution is -0.126. The Morgan fingerprint density at radius 1 is 1.33 bits per heavy atom. The summed E-state index contributed by atoms with van der Waals surface area (Å²) in [5.41, 5.74) is 4.33. The van der Waals surface area contributed by atoms with Gasteiger partial charge in [-0.25, -0.2) is 0 Å². The molecule has 0 bridgehead atoms. The summed E-state index contributed by atoms with van der Waals surface area (Å²) < 4.78 is 10.8. The van der Waals surface area contributed by atoms with Crippen molar-refractivity contribution in [2.45, 2.75) is 45.7 Å². The topological polar surface area (TPSA) is 130 Å². The third kappa shape index (κ3) is 5.73. The molecular formula is C10H21N2O5P. The van der Waals surface area contributed by atoms with E-state index in [-0.39, 0.29) is 12.3 Å². The SMILES string of the molecule is CC[C@H](NC(=O)[C@@H](N)CC(C)C)C(=O)P(=O)(O)O. The van der Waals surface area contributed by atoms with Gasteiger partial charge in [0.25, 0.3) is 5.52 Å². The molecule has 0 spiro atoms. The number of amides is 1. The summed E-state index contributed by atoms with van der Waals surface area (Å²) >= 11 is 0. The van der Waals surface area contributed by atoms with E-state index in [4.69, 9.17) is 15.5 Å². The van der Waals surface area contributed by atoms with Gasteiger partial charge >= 0.3 is 7.60 Å². The van der Waals surface area contributed by atoms with Crippen molar-refractivity contribution in [2.24, 2.45) is 11.7 Å². The van der Waals surface area contributed by atoms with E-state index in [2.05, 4.69) is 5.32 Å². The molecule has 5 N–H and O–H groups in total. The molecule has 0 radical (unpaired) electrons. The Labute approximate surface area is 106 Å². The quantitative estimate of drug-likeness (QED) is 0.484. The van der Waals surface area contributed by atoms with E-state index in [0.717, 1.165) is 0 Å². The maximum Gasteiger partial charge on any atom is 0.393 e. The largest absolute Gasteiger partial charge is 0.393 e. The molecule has 0 fully saturated rings. The summed E-state index contributed by atoms with van der Waals surface area (Å²) in [7, 11) is -4.84. The minimum atomic E-state index is -4.84. The zero-order chi connectivity index (χ0) is 14.5. The molecular weight excluding hydrogens is 259 g/mol. The Morgan fingerprint density at radius 3 is 2.17 bits per heavy atom. The lowest BCUT2D eigenvalue weighted by atomic mass is 10.0. The zero-order valence-corrected chi connectivity index (χ0v) is 11.7. The fourth-order valence-electron chi connectivity index (χ4n) is 1.44. The van der Waals surface area contributed by atoms with Crippen LogP contribution in [0.1, 0.15) is 33.6 Å². The summed E-state index contributed by atoms with van der Waals surface area (Å²) in [4.78, 5) is 40.5. The van der Waals surface area contributed by atoms with E-state index in [1.807, 2.05) is 13.8 Å². The Bertz CT molecular complexity index is 352. The molecule has 18 heavy (non-hydrogen) atoms. The first kappa shape index (κ1) is 17.2. The van der Waals surface area contributed by atoms with Crippen LogP contribution in [0.4, 0.5) is 0 Å². The van der Waals surface area contributed by atoms with Crippen molar-refractivity contribution in [3.63, 3.8) is 0 Å². The van der Waals surface area contributed by atoms with Gasteiger partial charge in [-0.1, -0.05) is 20.8 Å². The molecule has 0 aromatic carbocycles. The number of hydrogen-bond donors (Lipinski definition) is 4. The van der Waals surface area contributed by atoms with Crippen molar-refractivity contribution in [1.29, 1.82) is 0 Å². The van der Waals surface area contributed by atoms with Gasteiger partial charge in [0.1, 0.15) is 0 Å². The third-order valence-corrected chi connectivity index (χ3v) is 3.26. The first-order valence-corrected chi connectivity index (χ1v) is 7.36. The number of hydrogen-bond acceptors (Lipinski definition) is 4. The van der Waals surface area contributed by atoms with Crippen molar-refractivity contribution in [1.82, 2.24) is 5.32 Å². The smallest absolute Gasteiger partial charge is 0.344 e. The Kier molecular flexibility index (Phi) is 6.70. The molecule has 2 atom stereocenters. The van der Waals surface area contributed by atoms with Crippen LogP contribution in [0.25, 0.3) is 0 Å². The predicted octanol–water partition coefficient (Wildman–Crippen LogP) is -0.0411. The van der Waals surface area contributed by atoms with E-state index in [1.54, 1.807) is 6.92 Å². The third-order valence-electron chi connectivity index (χ3n) is 2.37. The predicted molar refractivity (Wildman–Crippen MR) is 66.7 cm³/mol. The van der Waals surface area contributed by atoms with Gasteiger partial charge in [-0.15, -0.1) is 0 Å². The van der Waals surface area contributed by atoms with Gasteiger partial charge < -0.3 is 20.8 Å². The molecule has 0 rings (SSSR count). The molecule has 8 heteroatoms. The molecule has 0 aromatic rings. The van der Waals surface area contributed by atoms with Crippen LogP contribution in [0.2, 0.25) is 0 Å². The fourth-order valence-corrected chi connectivity index (χ4v) is 2.09. The average molecular weight is 280 g/mol. The molecule has 0 unspecified atom stereocenters. The van der Waals surface area contributed by atoms with E-state index in [0.29, 0.717) is 6.42 Å². The minimum absolute atomic E-state index is 0.101. The van der Waals surface area contributed by atoms with Crippen molar-refractivity contribution < 1.29 is 23.9 Å². The van der Waals surface area contributed by atoms with Gasteiger partial charge in [0.2, 0.25) is 5.91 Å². The Balaban J connectivity index is 4.60. The molecule has 0 aliphatic heterocycles. The van der Waals surface area contributed by atoms with Crippen LogP contribution in [0.5, 0.6) is 0 Å². The highest BCUT2D eigenvalue weighted by Gasteiger charge is 2.34. The molecule has 106 valence electrons. The van der Waals surface area contributed by atoms with Crippen LogP contribution in [0.3, 0.4) is 0 Å². The lowest BCUT2D eigenvalue weighted by Crippen LogP contribution is -2.48. The molecule has 7 nitrogen and oxygen atoms in total. The summed E-state index contributed by atoms with van der Waals surface area (Å²) in [6.07, 6.45) is 0.538. The van der Waals surface area contributed by atoms with E-state index in [1.165, 1.54) is 0 Å². The molecule has 0 aliphatic carbocycles. The van der Waals surface area contributed by atoms with Crippen LogP contribution in [-0.4, -0.2) is 33.3 Å². The summed E-state index contributed by atoms with van der Waals surface area (Å²) in [6.45, 7) is 5.34. The van der Waals surface area contributed by atoms with Gasteiger partial charge in [0, 0.05) is 0 Å². The van der Waals surface area contributed by atoms with E-state index < -0.39 is 31.1 Å². The number of carbonyl (C=O) groups excluding carboxylic acids is 2. The minimum Gasteiger partial charge on any atom is -0.344 e. The van der Waals surface area contributed by atoms with Crippen molar-refractivity contribution >= 4 is 19.0 Å². The number of nitrogens with one attached hydrogen (secondary N) is 1. The van der Waals surface area contributed by atoms with E-state index in [9.17, 15) is 14.2 Å². The van der Waals surface area contributed by atoms with Crippen LogP contribution in [0, 0.1) is 5.92 Å². The molecule has 0 saturated carbocycles. The van der Waals surface area contributed by atoms with Gasteiger partial charge in [-0.3, -0.25) is 14.2 Å². The van der Waals surface area contributed by atoms with Crippen LogP contribution < -0.4 is 11.1 Å². The van der Waals surface area contributed by atoms with Crippen molar-refractivity contribution in [3.05, 3.63) is 0 Å². The standard InChI is InChI=1S/C10H21N2O5P/c1-4-8(10(14)18(15,16)17)12-9(13)7(11)5-6(2)3/h6-8H,4-5,11H2,1-3H3,(H,12,13)(H2,15,16,17)/t7-,8-/m0/s1. The first-order chi connectivity index (χ1) is 8.09. The van der Waals surface area contributed by atoms with Gasteiger partial charge in [-0.2, -0.15) is 0 Å². The Hall–Kier alpha value is -0.750. The van der Waals surface area contributed by atoms with Crippen LogP contribution >= 0.6 is 7.60 Å². The lowest BCUT2D eigenvalue weighted by Gasteiger charge is -2.19. The number of carbonyl (C=O) groups is 2. The second kappa shape index (κ2) is 6.99. The van der Waals surface area contributed by atoms with Crippen LogP contribution in [0.15, 0.2) is 0 Å². The highest BCUT2D eigenvalue weighted by molar-refractivity contribution is 7.70. The summed E-state index contributed by atoms with van der Waals surface area (Å²) in [5.74, 6) is -0.360. The van der Waals surface area contributed by atoms with Gasteiger partial charge in [-0.05, 0) is 18.8 Å². The fraction of sp³-hybridized carbons (Fsp3) is 0.800. The normalized spacial score (nSPS) is 15.3. The number of rotatable bonds is 7. The molecule has 0 heterocycles. The molecule has 1 amide bonds. The second-order valence-electron chi connectivity index (χ2n) is 4.59. The monoisotopic (exact) mass is 280 g/mol. The first-order valence-electron chi connectivity index (χ1n) is 5.75. The van der Waals surface area contributed by atoms with Gasteiger partial charge in [0.15, 0.2) is 0 Å². The summed E-state index contributed by atoms with van der Waals surface area (Å²) in [5, 5.41) is 2.27. The maximum atomic E-state index is 11.6. The molecule has 0 saturated heterocycles. The second-order valence-corrected chi connectivity index (χ2v) is 6.12. The average Bonchev–Trinajstić information content (AvgIpc) is 2.22. The molecule has 0 aliphatic rings. The van der Waals surface area contributed by atoms with Crippen molar-refractivity contribution in [3.8, 4) is 0 Å². The Morgan fingerprint density at radius 2 is 1.83 bits per heavy atom. The summed E-state index contributed by atoms with van der Waals surface area (Å²) in [6, 6.07) is -1.99. The van der Waals surface area contributed by atoms with Crippen LogP contribution in [-0.2, 0) is 14.2 Å². The van der Waals surface area contributed by atoms with E-state index >= 15 is 0 Å². The maximum absolute atomic E-state index is 11.6.